The number of aromatic hydroxyl groups is 1. The number of anilines is 1. The van der Waals surface area contributed by atoms with Crippen LogP contribution in [0.4, 0.5) is 10.2 Å². The number of rotatable bonds is 8. The molecule has 1 N–H and O–H groups in total. The van der Waals surface area contributed by atoms with Crippen molar-refractivity contribution in [3.63, 3.8) is 0 Å². The molecule has 6 rings (SSSR count). The molecule has 2 fully saturated rings. The number of halogens is 1. The summed E-state index contributed by atoms with van der Waals surface area (Å²) in [5.41, 5.74) is 3.13. The van der Waals surface area contributed by atoms with Gasteiger partial charge in [-0.15, -0.1) is 0 Å². The first kappa shape index (κ1) is 29.8. The predicted octanol–water partition coefficient (Wildman–Crippen LogP) is 4.54. The van der Waals surface area contributed by atoms with E-state index in [9.17, 15) is 19.6 Å². The molecule has 2 aliphatic heterocycles. The van der Waals surface area contributed by atoms with Crippen LogP contribution < -0.4 is 9.64 Å². The zero-order valence-electron chi connectivity index (χ0n) is 25.2. The third-order valence-corrected chi connectivity index (χ3v) is 9.37. The molecule has 3 aromatic rings. The number of amides is 1. The molecule has 2 aromatic carbocycles. The number of hydrogen-bond donors (Lipinski definition) is 1. The van der Waals surface area contributed by atoms with Crippen LogP contribution in [0.3, 0.4) is 0 Å². The number of phenols is 1. The number of likely N-dealkylation sites (tertiary alicyclic amines) is 1. The van der Waals surface area contributed by atoms with E-state index in [0.29, 0.717) is 44.7 Å². The Hall–Kier alpha value is -4.23. The van der Waals surface area contributed by atoms with E-state index in [-0.39, 0.29) is 30.0 Å². The molecule has 230 valence electrons. The van der Waals surface area contributed by atoms with Gasteiger partial charge in [0.15, 0.2) is 0 Å². The molecule has 0 saturated carbocycles. The maximum atomic E-state index is 12.8. The third kappa shape index (κ3) is 6.20. The van der Waals surface area contributed by atoms with Crippen LogP contribution in [0.15, 0.2) is 48.6 Å². The number of hydrogen-bond acceptors (Lipinski definition) is 8. The number of carbonyl (C=O) groups excluding carboxylic acids is 1. The Kier molecular flexibility index (Phi) is 8.94. The van der Waals surface area contributed by atoms with Crippen molar-refractivity contribution in [3.8, 4) is 17.8 Å². The number of ether oxygens (including phenoxy) is 1. The van der Waals surface area contributed by atoms with Crippen LogP contribution in [0.1, 0.15) is 48.4 Å². The van der Waals surface area contributed by atoms with Crippen LogP contribution in [0.25, 0.3) is 10.8 Å². The smallest absolute Gasteiger partial charge is 0.318 e. The number of nitrogens with zero attached hydrogens (tertiary/aromatic N) is 6. The molecule has 0 radical (unpaired) electrons. The van der Waals surface area contributed by atoms with E-state index in [1.54, 1.807) is 11.0 Å². The van der Waals surface area contributed by atoms with E-state index in [1.165, 1.54) is 12.2 Å². The number of phenolic OH excluding ortho intramolecular Hbond substituents is 1. The quantitative estimate of drug-likeness (QED) is 0.377. The fraction of sp³-hybridized carbons (Fsp3) is 0.471. The summed E-state index contributed by atoms with van der Waals surface area (Å²) in [5, 5.41) is 22.2. The van der Waals surface area contributed by atoms with Crippen LogP contribution in [-0.2, 0) is 17.6 Å². The maximum Gasteiger partial charge on any atom is 0.318 e. The van der Waals surface area contributed by atoms with Gasteiger partial charge in [-0.25, -0.2) is 4.39 Å². The molecule has 3 heterocycles. The molecule has 1 aromatic heterocycles. The minimum absolute atomic E-state index is 0.166. The van der Waals surface area contributed by atoms with Gasteiger partial charge in [-0.3, -0.25) is 4.79 Å². The van der Waals surface area contributed by atoms with Crippen LogP contribution in [-0.4, -0.2) is 89.4 Å². The van der Waals surface area contributed by atoms with Gasteiger partial charge >= 0.3 is 6.01 Å². The molecular weight excluding hydrogens is 559 g/mol. The summed E-state index contributed by atoms with van der Waals surface area (Å²) in [6, 6.07) is 14.4. The van der Waals surface area contributed by atoms with Gasteiger partial charge < -0.3 is 24.5 Å². The van der Waals surface area contributed by atoms with Gasteiger partial charge in [0.2, 0.25) is 5.91 Å². The molecule has 10 heteroatoms. The summed E-state index contributed by atoms with van der Waals surface area (Å²) in [6.45, 7) is 2.23. The Bertz CT molecular complexity index is 1590. The molecule has 9 nitrogen and oxygen atoms in total. The fourth-order valence-electron chi connectivity index (χ4n) is 7.05. The van der Waals surface area contributed by atoms with E-state index >= 15 is 0 Å². The highest BCUT2D eigenvalue weighted by atomic mass is 19.1. The van der Waals surface area contributed by atoms with Crippen molar-refractivity contribution < 1.29 is 19.0 Å². The lowest BCUT2D eigenvalue weighted by Crippen LogP contribution is -2.55. The molecule has 0 bridgehead atoms. The minimum Gasteiger partial charge on any atom is -0.508 e. The summed E-state index contributed by atoms with van der Waals surface area (Å²) in [7, 11) is 2.11. The highest BCUT2D eigenvalue weighted by Crippen LogP contribution is 2.40. The average Bonchev–Trinajstić information content (AvgIpc) is 3.45. The summed E-state index contributed by atoms with van der Waals surface area (Å²) < 4.78 is 19.0. The maximum absolute atomic E-state index is 12.8. The van der Waals surface area contributed by atoms with Crippen LogP contribution in [0.2, 0.25) is 0 Å². The Morgan fingerprint density at radius 3 is 2.84 bits per heavy atom. The lowest BCUT2D eigenvalue weighted by Gasteiger charge is -2.42. The summed E-state index contributed by atoms with van der Waals surface area (Å²) >= 11 is 0. The van der Waals surface area contributed by atoms with Crippen LogP contribution in [0, 0.1) is 11.3 Å². The fourth-order valence-corrected chi connectivity index (χ4v) is 7.05. The van der Waals surface area contributed by atoms with E-state index in [1.807, 2.05) is 24.3 Å². The summed E-state index contributed by atoms with van der Waals surface area (Å²) in [5.74, 6) is 0.950. The van der Waals surface area contributed by atoms with Gasteiger partial charge in [0.05, 0.1) is 24.2 Å². The topological polar surface area (TPSA) is 106 Å². The number of piperazine rings is 1. The Labute approximate surface area is 257 Å². The van der Waals surface area contributed by atoms with Crippen LogP contribution in [0.5, 0.6) is 11.8 Å². The molecule has 3 aliphatic rings. The molecular formula is C34H39FN6O3. The van der Waals surface area contributed by atoms with Crippen molar-refractivity contribution >= 4 is 22.5 Å². The van der Waals surface area contributed by atoms with Gasteiger partial charge in [-0.1, -0.05) is 24.3 Å². The molecule has 3 atom stereocenters. The number of carbonyl (C=O) groups is 1. The number of benzene rings is 2. The zero-order chi connectivity index (χ0) is 30.6. The Balaban J connectivity index is 1.32. The second-order valence-corrected chi connectivity index (χ2v) is 12.1. The number of nitriles is 1. The van der Waals surface area contributed by atoms with Gasteiger partial charge in [-0.05, 0) is 86.2 Å². The first-order valence-corrected chi connectivity index (χ1v) is 15.5. The normalized spacial score (nSPS) is 22.3. The number of aromatic nitrogens is 2. The second kappa shape index (κ2) is 13.2. The van der Waals surface area contributed by atoms with E-state index in [4.69, 9.17) is 14.7 Å². The van der Waals surface area contributed by atoms with Gasteiger partial charge in [0.1, 0.15) is 24.8 Å². The SMILES string of the molecule is CN1CCC[C@H]1COc1nc2c(c(N3CCN(C(=O)/C=C/CF)[C@H](CC#N)C3)n1)CCC(c1cc(O)cc3ccccc13)C2. The number of fused-ring (bicyclic) bond motifs is 2. The van der Waals surface area contributed by atoms with Crippen molar-refractivity contribution in [1.29, 1.82) is 5.26 Å². The Morgan fingerprint density at radius 2 is 2.05 bits per heavy atom. The molecule has 1 amide bonds. The molecule has 0 spiro atoms. The highest BCUT2D eigenvalue weighted by Gasteiger charge is 2.34. The van der Waals surface area contributed by atoms with Crippen LogP contribution >= 0.6 is 0 Å². The summed E-state index contributed by atoms with van der Waals surface area (Å²) in [6.07, 6.45) is 7.16. The number of alkyl halides is 1. The lowest BCUT2D eigenvalue weighted by molar-refractivity contribution is -0.128. The number of allylic oxidation sites excluding steroid dienone is 1. The largest absolute Gasteiger partial charge is 0.508 e. The van der Waals surface area contributed by atoms with Gasteiger partial charge in [0.25, 0.3) is 0 Å². The van der Waals surface area contributed by atoms with Crippen molar-refractivity contribution in [2.24, 2.45) is 0 Å². The molecule has 2 saturated heterocycles. The van der Waals surface area contributed by atoms with Gasteiger partial charge in [0, 0.05) is 37.3 Å². The summed E-state index contributed by atoms with van der Waals surface area (Å²) in [4.78, 5) is 28.8. The standard InChI is InChI=1S/C34H39FN6O3/c1-39-15-5-7-26(39)22-44-34-37-31-19-24(30-20-27(42)18-23-6-2-3-8-28(23)30)10-11-29(31)33(38-34)40-16-17-41(25(21-40)12-14-36)32(43)9-4-13-35/h2-4,6,8-9,18,20,24-26,42H,5,7,10-13,15-17,19,21-22H2,1H3/b9-4+/t24?,25-,26+/m1/s1. The van der Waals surface area contributed by atoms with Crippen molar-refractivity contribution in [2.45, 2.75) is 56.5 Å². The monoisotopic (exact) mass is 598 g/mol. The number of likely N-dealkylation sites (N-methyl/N-ethyl adjacent to an activating group) is 1. The highest BCUT2D eigenvalue weighted by molar-refractivity contribution is 5.88. The lowest BCUT2D eigenvalue weighted by atomic mass is 9.80. The van der Waals surface area contributed by atoms with Gasteiger partial charge in [-0.2, -0.15) is 15.2 Å². The van der Waals surface area contributed by atoms with Crippen molar-refractivity contribution in [3.05, 3.63) is 65.4 Å². The van der Waals surface area contributed by atoms with Crippen molar-refractivity contribution in [1.82, 2.24) is 19.8 Å². The Morgan fingerprint density at radius 1 is 1.18 bits per heavy atom. The average molecular weight is 599 g/mol. The first-order valence-electron chi connectivity index (χ1n) is 15.5. The van der Waals surface area contributed by atoms with E-state index in [0.717, 1.165) is 65.6 Å². The zero-order valence-corrected chi connectivity index (χ0v) is 25.2. The van der Waals surface area contributed by atoms with E-state index in [2.05, 4.69) is 29.0 Å². The third-order valence-electron chi connectivity index (χ3n) is 9.37. The molecule has 44 heavy (non-hydrogen) atoms. The van der Waals surface area contributed by atoms with Crippen molar-refractivity contribution in [2.75, 3.05) is 51.4 Å². The minimum atomic E-state index is -0.708. The molecule has 1 aliphatic carbocycles. The first-order chi connectivity index (χ1) is 21.4. The van der Waals surface area contributed by atoms with E-state index < -0.39 is 6.67 Å². The second-order valence-electron chi connectivity index (χ2n) is 12.1. The molecule has 1 unspecified atom stereocenters. The predicted molar refractivity (Wildman–Crippen MR) is 167 cm³/mol.